The molecular formula is C21H19FN2O5S2. The first-order valence-electron chi connectivity index (χ1n) is 9.74. The highest BCUT2D eigenvalue weighted by molar-refractivity contribution is 8.15. The summed E-state index contributed by atoms with van der Waals surface area (Å²) in [5, 5.41) is 0.367. The second-order valence-corrected chi connectivity index (χ2v) is 11.1. The molecule has 7 nitrogen and oxygen atoms in total. The Labute approximate surface area is 183 Å². The van der Waals surface area contributed by atoms with Crippen molar-refractivity contribution < 1.29 is 27.1 Å². The van der Waals surface area contributed by atoms with Crippen LogP contribution in [-0.4, -0.2) is 54.0 Å². The maximum atomic E-state index is 13.1. The second-order valence-electron chi connectivity index (χ2n) is 7.71. The Morgan fingerprint density at radius 1 is 1.10 bits per heavy atom. The van der Waals surface area contributed by atoms with E-state index in [1.165, 1.54) is 23.9 Å². The van der Waals surface area contributed by atoms with E-state index in [1.54, 1.807) is 12.1 Å². The van der Waals surface area contributed by atoms with Crippen LogP contribution in [0.3, 0.4) is 0 Å². The number of benzene rings is 2. The fraction of sp³-hybridized carbons (Fsp3) is 0.333. The lowest BCUT2D eigenvalue weighted by molar-refractivity contribution is -0.117. The highest BCUT2D eigenvalue weighted by Crippen LogP contribution is 2.40. The first kappa shape index (κ1) is 20.3. The third kappa shape index (κ3) is 4.27. The number of fused-ring (bicyclic) bond motifs is 2. The summed E-state index contributed by atoms with van der Waals surface area (Å²) < 4.78 is 48.2. The SMILES string of the molecule is O=C(Cc1ccc(F)cc1)N=C1SC2CS(=O)(=O)CC2N1Cc1ccc2c(c1)OCO2. The Balaban J connectivity index is 1.39. The van der Waals surface area contributed by atoms with E-state index in [0.717, 1.165) is 5.56 Å². The summed E-state index contributed by atoms with van der Waals surface area (Å²) in [7, 11) is -3.13. The smallest absolute Gasteiger partial charge is 0.252 e. The van der Waals surface area contributed by atoms with Crippen LogP contribution in [0.25, 0.3) is 0 Å². The minimum absolute atomic E-state index is 0.0421. The molecule has 0 spiro atoms. The zero-order valence-corrected chi connectivity index (χ0v) is 18.0. The number of aliphatic imine (C=N–C) groups is 1. The summed E-state index contributed by atoms with van der Waals surface area (Å²) in [5.74, 6) is 0.714. The van der Waals surface area contributed by atoms with Gasteiger partial charge in [-0.15, -0.1) is 0 Å². The van der Waals surface area contributed by atoms with Crippen molar-refractivity contribution in [3.05, 3.63) is 59.4 Å². The van der Waals surface area contributed by atoms with Crippen LogP contribution in [0.5, 0.6) is 11.5 Å². The summed E-state index contributed by atoms with van der Waals surface area (Å²) in [6.07, 6.45) is 0.0514. The van der Waals surface area contributed by atoms with Crippen molar-refractivity contribution in [3.63, 3.8) is 0 Å². The normalized spacial score (nSPS) is 24.5. The lowest BCUT2D eigenvalue weighted by Gasteiger charge is -2.24. The lowest BCUT2D eigenvalue weighted by atomic mass is 10.1. The quantitative estimate of drug-likeness (QED) is 0.690. The number of hydrogen-bond acceptors (Lipinski definition) is 6. The van der Waals surface area contributed by atoms with Gasteiger partial charge in [0.05, 0.1) is 24.0 Å². The summed E-state index contributed by atoms with van der Waals surface area (Å²) in [6, 6.07) is 11.1. The van der Waals surface area contributed by atoms with E-state index in [1.807, 2.05) is 23.1 Å². The highest BCUT2D eigenvalue weighted by atomic mass is 32.2. The van der Waals surface area contributed by atoms with Gasteiger partial charge in [0.2, 0.25) is 6.79 Å². The molecule has 0 aliphatic carbocycles. The molecule has 10 heteroatoms. The largest absolute Gasteiger partial charge is 0.454 e. The van der Waals surface area contributed by atoms with Crippen LogP contribution < -0.4 is 9.47 Å². The topological polar surface area (TPSA) is 85.3 Å². The summed E-state index contributed by atoms with van der Waals surface area (Å²) in [4.78, 5) is 18.8. The number of sulfone groups is 1. The van der Waals surface area contributed by atoms with Crippen LogP contribution in [0.4, 0.5) is 4.39 Å². The van der Waals surface area contributed by atoms with E-state index >= 15 is 0 Å². The summed E-state index contributed by atoms with van der Waals surface area (Å²) >= 11 is 1.34. The average Bonchev–Trinajstić information content (AvgIpc) is 3.37. The fourth-order valence-electron chi connectivity index (χ4n) is 3.98. The predicted octanol–water partition coefficient (Wildman–Crippen LogP) is 2.39. The molecule has 2 atom stereocenters. The van der Waals surface area contributed by atoms with Gasteiger partial charge in [0.15, 0.2) is 26.5 Å². The number of carbonyl (C=O) groups is 1. The van der Waals surface area contributed by atoms with Crippen molar-refractivity contribution >= 4 is 32.7 Å². The first-order chi connectivity index (χ1) is 14.9. The number of halogens is 1. The molecule has 3 aliphatic heterocycles. The predicted molar refractivity (Wildman–Crippen MR) is 114 cm³/mol. The van der Waals surface area contributed by atoms with Gasteiger partial charge in [-0.05, 0) is 35.4 Å². The maximum absolute atomic E-state index is 13.1. The first-order valence-corrected chi connectivity index (χ1v) is 12.4. The van der Waals surface area contributed by atoms with Crippen molar-refractivity contribution in [1.82, 2.24) is 4.90 Å². The average molecular weight is 463 g/mol. The number of hydrogen-bond donors (Lipinski definition) is 0. The molecule has 3 heterocycles. The van der Waals surface area contributed by atoms with E-state index in [2.05, 4.69) is 4.99 Å². The van der Waals surface area contributed by atoms with Gasteiger partial charge in [0.25, 0.3) is 5.91 Å². The minimum Gasteiger partial charge on any atom is -0.454 e. The fourth-order valence-corrected chi connectivity index (χ4v) is 7.95. The van der Waals surface area contributed by atoms with Crippen LogP contribution in [0.2, 0.25) is 0 Å². The number of rotatable bonds is 4. The molecule has 2 unspecified atom stereocenters. The second kappa shape index (κ2) is 7.83. The molecule has 0 aromatic heterocycles. The van der Waals surface area contributed by atoms with Gasteiger partial charge >= 0.3 is 0 Å². The lowest BCUT2D eigenvalue weighted by Crippen LogP contribution is -2.37. The van der Waals surface area contributed by atoms with Crippen molar-refractivity contribution in [1.29, 1.82) is 0 Å². The van der Waals surface area contributed by atoms with E-state index in [9.17, 15) is 17.6 Å². The molecule has 0 saturated carbocycles. The standard InChI is InChI=1S/C21H19FN2O5S2/c22-15-4-1-13(2-5-15)8-20(25)23-21-24(16-10-31(26,27)11-19(16)30-21)9-14-3-6-17-18(7-14)29-12-28-17/h1-7,16,19H,8-12H2. The van der Waals surface area contributed by atoms with E-state index in [0.29, 0.717) is 28.8 Å². The number of nitrogens with zero attached hydrogens (tertiary/aromatic N) is 2. The third-order valence-electron chi connectivity index (χ3n) is 5.45. The molecule has 2 aromatic rings. The maximum Gasteiger partial charge on any atom is 0.252 e. The Morgan fingerprint density at radius 3 is 2.65 bits per heavy atom. The van der Waals surface area contributed by atoms with Crippen LogP contribution in [0, 0.1) is 5.82 Å². The Bertz CT molecular complexity index is 1170. The van der Waals surface area contributed by atoms with Gasteiger partial charge in [-0.3, -0.25) is 4.79 Å². The van der Waals surface area contributed by atoms with E-state index in [4.69, 9.17) is 9.47 Å². The molecule has 0 radical (unpaired) electrons. The highest BCUT2D eigenvalue weighted by Gasteiger charge is 2.48. The molecule has 31 heavy (non-hydrogen) atoms. The molecule has 0 N–H and O–H groups in total. The molecule has 5 rings (SSSR count). The molecule has 3 aliphatic rings. The number of amidine groups is 1. The van der Waals surface area contributed by atoms with Crippen molar-refractivity contribution in [2.24, 2.45) is 4.99 Å². The van der Waals surface area contributed by atoms with Gasteiger partial charge in [0, 0.05) is 11.8 Å². The van der Waals surface area contributed by atoms with Crippen LogP contribution in [0.15, 0.2) is 47.5 Å². The summed E-state index contributed by atoms with van der Waals surface area (Å²) in [6.45, 7) is 0.578. The minimum atomic E-state index is -3.13. The van der Waals surface area contributed by atoms with Crippen molar-refractivity contribution in [2.75, 3.05) is 18.3 Å². The monoisotopic (exact) mass is 462 g/mol. The third-order valence-corrected chi connectivity index (χ3v) is 8.70. The Hall–Kier alpha value is -2.59. The van der Waals surface area contributed by atoms with Gasteiger partial charge in [0.1, 0.15) is 5.82 Å². The van der Waals surface area contributed by atoms with Gasteiger partial charge in [-0.2, -0.15) is 4.99 Å². The summed E-state index contributed by atoms with van der Waals surface area (Å²) in [5.41, 5.74) is 1.58. The van der Waals surface area contributed by atoms with Crippen LogP contribution >= 0.6 is 11.8 Å². The van der Waals surface area contributed by atoms with Crippen molar-refractivity contribution in [2.45, 2.75) is 24.3 Å². The van der Waals surface area contributed by atoms with Gasteiger partial charge in [-0.1, -0.05) is 30.0 Å². The zero-order chi connectivity index (χ0) is 21.6. The molecule has 2 fully saturated rings. The molecule has 2 saturated heterocycles. The number of thioether (sulfide) groups is 1. The molecule has 2 aromatic carbocycles. The van der Waals surface area contributed by atoms with Gasteiger partial charge in [-0.25, -0.2) is 12.8 Å². The van der Waals surface area contributed by atoms with Gasteiger partial charge < -0.3 is 14.4 Å². The van der Waals surface area contributed by atoms with E-state index in [-0.39, 0.29) is 47.7 Å². The zero-order valence-electron chi connectivity index (χ0n) is 16.4. The van der Waals surface area contributed by atoms with Crippen molar-refractivity contribution in [3.8, 4) is 11.5 Å². The molecule has 1 amide bonds. The number of amides is 1. The number of carbonyl (C=O) groups excluding carboxylic acids is 1. The van der Waals surface area contributed by atoms with Crippen LogP contribution in [-0.2, 0) is 27.6 Å². The van der Waals surface area contributed by atoms with E-state index < -0.39 is 9.84 Å². The molecule has 162 valence electrons. The Kier molecular flexibility index (Phi) is 5.13. The molecule has 0 bridgehead atoms. The molecular weight excluding hydrogens is 443 g/mol. The van der Waals surface area contributed by atoms with Crippen LogP contribution in [0.1, 0.15) is 11.1 Å². The number of ether oxygens (including phenoxy) is 2. The Morgan fingerprint density at radius 2 is 1.84 bits per heavy atom.